The van der Waals surface area contributed by atoms with Crippen LogP contribution in [0.15, 0.2) is 23.3 Å². The second-order valence-electron chi connectivity index (χ2n) is 5.41. The van der Waals surface area contributed by atoms with Gasteiger partial charge in [-0.2, -0.15) is 5.10 Å². The van der Waals surface area contributed by atoms with E-state index in [9.17, 15) is 5.11 Å². The number of likely N-dealkylation sites (N-methyl/N-ethyl adjacent to an activating group) is 1. The summed E-state index contributed by atoms with van der Waals surface area (Å²) >= 11 is 1.55. The monoisotopic (exact) mass is 319 g/mol. The lowest BCUT2D eigenvalue weighted by atomic mass is 10.2. The molecular formula is C16H21N3O2S. The Balaban J connectivity index is 1.80. The van der Waals surface area contributed by atoms with Crippen LogP contribution in [0.25, 0.3) is 10.1 Å². The summed E-state index contributed by atoms with van der Waals surface area (Å²) in [7, 11) is 2.12. The van der Waals surface area contributed by atoms with Crippen molar-refractivity contribution in [2.24, 2.45) is 5.10 Å². The van der Waals surface area contributed by atoms with Gasteiger partial charge in [0.15, 0.2) is 0 Å². The zero-order valence-electron chi connectivity index (χ0n) is 13.0. The van der Waals surface area contributed by atoms with Crippen LogP contribution in [0.4, 0.5) is 0 Å². The lowest BCUT2D eigenvalue weighted by Gasteiger charge is -2.30. The first-order valence-corrected chi connectivity index (χ1v) is 8.35. The molecule has 1 fully saturated rings. The van der Waals surface area contributed by atoms with Crippen molar-refractivity contribution in [2.45, 2.75) is 6.92 Å². The number of hydrogen-bond donors (Lipinski definition) is 1. The summed E-state index contributed by atoms with van der Waals surface area (Å²) in [6.07, 6.45) is 1.77. The maximum Gasteiger partial charge on any atom is 0.143 e. The zero-order chi connectivity index (χ0) is 15.5. The molecule has 1 aromatic heterocycles. The molecule has 22 heavy (non-hydrogen) atoms. The minimum absolute atomic E-state index is 0.291. The summed E-state index contributed by atoms with van der Waals surface area (Å²) in [4.78, 5) is 3.08. The molecule has 0 spiro atoms. The summed E-state index contributed by atoms with van der Waals surface area (Å²) in [5.41, 5.74) is 0. The Morgan fingerprint density at radius 2 is 2.09 bits per heavy atom. The fourth-order valence-corrected chi connectivity index (χ4v) is 3.42. The number of hydrazone groups is 1. The summed E-state index contributed by atoms with van der Waals surface area (Å²) in [5, 5.41) is 17.8. The van der Waals surface area contributed by atoms with Gasteiger partial charge in [0.1, 0.15) is 11.5 Å². The largest absolute Gasteiger partial charge is 0.506 e. The molecule has 0 saturated carbocycles. The van der Waals surface area contributed by atoms with E-state index in [1.165, 1.54) is 0 Å². The van der Waals surface area contributed by atoms with Gasteiger partial charge in [-0.15, -0.1) is 11.3 Å². The average molecular weight is 319 g/mol. The molecule has 1 N–H and O–H groups in total. The van der Waals surface area contributed by atoms with Gasteiger partial charge in [-0.3, -0.25) is 5.01 Å². The third kappa shape index (κ3) is 3.18. The van der Waals surface area contributed by atoms with Crippen LogP contribution < -0.4 is 4.74 Å². The van der Waals surface area contributed by atoms with E-state index in [4.69, 9.17) is 4.74 Å². The van der Waals surface area contributed by atoms with Crippen molar-refractivity contribution in [3.05, 3.63) is 23.1 Å². The third-order valence-electron chi connectivity index (χ3n) is 3.79. The Hall–Kier alpha value is -1.79. The molecular weight excluding hydrogens is 298 g/mol. The Morgan fingerprint density at radius 3 is 2.82 bits per heavy atom. The Labute approximate surface area is 134 Å². The van der Waals surface area contributed by atoms with Gasteiger partial charge < -0.3 is 14.7 Å². The average Bonchev–Trinajstić information content (AvgIpc) is 2.84. The SMILES string of the molecule is CCOc1ccc2sc(/C=N/N3CCN(C)CC3)c(O)c2c1. The number of benzene rings is 1. The topological polar surface area (TPSA) is 48.3 Å². The lowest BCUT2D eigenvalue weighted by molar-refractivity contribution is 0.159. The number of aromatic hydroxyl groups is 1. The van der Waals surface area contributed by atoms with Gasteiger partial charge in [0.05, 0.1) is 17.7 Å². The van der Waals surface area contributed by atoms with E-state index < -0.39 is 0 Å². The number of fused-ring (bicyclic) bond motifs is 1. The van der Waals surface area contributed by atoms with E-state index >= 15 is 0 Å². The van der Waals surface area contributed by atoms with Crippen molar-refractivity contribution in [3.8, 4) is 11.5 Å². The van der Waals surface area contributed by atoms with E-state index in [0.29, 0.717) is 12.4 Å². The van der Waals surface area contributed by atoms with Crippen LogP contribution in [0.3, 0.4) is 0 Å². The summed E-state index contributed by atoms with van der Waals surface area (Å²) < 4.78 is 6.53. The van der Waals surface area contributed by atoms with Crippen molar-refractivity contribution >= 4 is 27.6 Å². The molecule has 2 heterocycles. The van der Waals surface area contributed by atoms with Crippen LogP contribution in [0, 0.1) is 0 Å². The van der Waals surface area contributed by atoms with E-state index in [1.807, 2.05) is 25.1 Å². The molecule has 118 valence electrons. The van der Waals surface area contributed by atoms with Crippen molar-refractivity contribution < 1.29 is 9.84 Å². The van der Waals surface area contributed by atoms with Crippen LogP contribution >= 0.6 is 11.3 Å². The molecule has 2 aromatic rings. The van der Waals surface area contributed by atoms with Crippen LogP contribution in [0.5, 0.6) is 11.5 Å². The first kappa shape index (κ1) is 15.1. The molecule has 1 aliphatic rings. The van der Waals surface area contributed by atoms with E-state index in [0.717, 1.165) is 46.9 Å². The van der Waals surface area contributed by atoms with Gasteiger partial charge in [-0.05, 0) is 32.2 Å². The first-order chi connectivity index (χ1) is 10.7. The third-order valence-corrected chi connectivity index (χ3v) is 4.88. The van der Waals surface area contributed by atoms with Crippen molar-refractivity contribution in [2.75, 3.05) is 39.8 Å². The van der Waals surface area contributed by atoms with Crippen molar-refractivity contribution in [1.29, 1.82) is 0 Å². The van der Waals surface area contributed by atoms with Crippen molar-refractivity contribution in [1.82, 2.24) is 9.91 Å². The minimum Gasteiger partial charge on any atom is -0.506 e. The molecule has 6 heteroatoms. The molecule has 0 atom stereocenters. The molecule has 1 saturated heterocycles. The molecule has 0 amide bonds. The number of nitrogens with zero attached hydrogens (tertiary/aromatic N) is 3. The number of hydrogen-bond acceptors (Lipinski definition) is 6. The summed E-state index contributed by atoms with van der Waals surface area (Å²) in [6.45, 7) is 6.46. The number of rotatable bonds is 4. The van der Waals surface area contributed by atoms with Crippen molar-refractivity contribution in [3.63, 3.8) is 0 Å². The van der Waals surface area contributed by atoms with Crippen LogP contribution in [0.2, 0.25) is 0 Å². The van der Waals surface area contributed by atoms with Gasteiger partial charge in [-0.1, -0.05) is 0 Å². The first-order valence-electron chi connectivity index (χ1n) is 7.53. The molecule has 1 aromatic carbocycles. The lowest BCUT2D eigenvalue weighted by Crippen LogP contribution is -2.41. The highest BCUT2D eigenvalue weighted by Crippen LogP contribution is 2.37. The normalized spacial score (nSPS) is 16.7. The number of ether oxygens (including phenoxy) is 1. The molecule has 0 bridgehead atoms. The Bertz CT molecular complexity index is 675. The maximum absolute atomic E-state index is 10.4. The highest BCUT2D eigenvalue weighted by atomic mass is 32.1. The van der Waals surface area contributed by atoms with Gasteiger partial charge in [0.25, 0.3) is 0 Å². The highest BCUT2D eigenvalue weighted by Gasteiger charge is 2.13. The minimum atomic E-state index is 0.291. The smallest absolute Gasteiger partial charge is 0.143 e. The van der Waals surface area contributed by atoms with E-state index in [1.54, 1.807) is 17.6 Å². The van der Waals surface area contributed by atoms with Crippen LogP contribution in [0.1, 0.15) is 11.8 Å². The molecule has 0 unspecified atom stereocenters. The second-order valence-corrected chi connectivity index (χ2v) is 6.49. The standard InChI is InChI=1S/C16H21N3O2S/c1-3-21-12-4-5-14-13(10-12)16(20)15(22-14)11-17-19-8-6-18(2)7-9-19/h4-5,10-11,20H,3,6-9H2,1-2H3/b17-11+. The van der Waals surface area contributed by atoms with Gasteiger partial charge in [0, 0.05) is 36.3 Å². The van der Waals surface area contributed by atoms with Gasteiger partial charge >= 0.3 is 0 Å². The maximum atomic E-state index is 10.4. The predicted octanol–water partition coefficient (Wildman–Crippen LogP) is 2.59. The molecule has 5 nitrogen and oxygen atoms in total. The van der Waals surface area contributed by atoms with Crippen LogP contribution in [-0.4, -0.2) is 61.1 Å². The second kappa shape index (κ2) is 6.54. The van der Waals surface area contributed by atoms with Gasteiger partial charge in [0.2, 0.25) is 0 Å². The summed E-state index contributed by atoms with van der Waals surface area (Å²) in [6, 6.07) is 5.80. The van der Waals surface area contributed by atoms with Crippen LogP contribution in [-0.2, 0) is 0 Å². The number of piperazine rings is 1. The fourth-order valence-electron chi connectivity index (χ4n) is 2.47. The quantitative estimate of drug-likeness (QED) is 0.880. The fraction of sp³-hybridized carbons (Fsp3) is 0.438. The predicted molar refractivity (Wildman–Crippen MR) is 91.3 cm³/mol. The zero-order valence-corrected chi connectivity index (χ0v) is 13.8. The summed E-state index contributed by atoms with van der Waals surface area (Å²) in [5.74, 6) is 1.07. The Kier molecular flexibility index (Phi) is 4.49. The van der Waals surface area contributed by atoms with E-state index in [-0.39, 0.29) is 0 Å². The molecule has 3 rings (SSSR count). The highest BCUT2D eigenvalue weighted by molar-refractivity contribution is 7.21. The number of thiophene rings is 1. The molecule has 0 radical (unpaired) electrons. The Morgan fingerprint density at radius 1 is 1.32 bits per heavy atom. The van der Waals surface area contributed by atoms with E-state index in [2.05, 4.69) is 22.1 Å². The van der Waals surface area contributed by atoms with Gasteiger partial charge in [-0.25, -0.2) is 0 Å². The molecule has 1 aliphatic heterocycles. The molecule has 0 aliphatic carbocycles.